The van der Waals surface area contributed by atoms with Crippen LogP contribution in [0.5, 0.6) is 0 Å². The van der Waals surface area contributed by atoms with Crippen molar-refractivity contribution >= 4 is 31.9 Å². The molecule has 0 unspecified atom stereocenters. The second-order valence-electron chi connectivity index (χ2n) is 7.94. The number of sulfonamides is 1. The first-order chi connectivity index (χ1) is 11.8. The molecule has 136 valence electrons. The lowest BCUT2D eigenvalue weighted by Crippen LogP contribution is -2.59. The fourth-order valence-corrected chi connectivity index (χ4v) is 7.55. The Labute approximate surface area is 156 Å². The molecular weight excluding hydrogens is 406 g/mol. The van der Waals surface area contributed by atoms with E-state index in [4.69, 9.17) is 4.74 Å². The van der Waals surface area contributed by atoms with Crippen molar-refractivity contribution < 1.29 is 17.9 Å². The molecule has 7 heteroatoms. The molecule has 25 heavy (non-hydrogen) atoms. The lowest BCUT2D eigenvalue weighted by molar-refractivity contribution is -0.00812. The van der Waals surface area contributed by atoms with Crippen LogP contribution in [0.25, 0.3) is 0 Å². The topological polar surface area (TPSA) is 72.5 Å². The Morgan fingerprint density at radius 3 is 2.24 bits per heavy atom. The number of hydrogen-bond acceptors (Lipinski definition) is 4. The van der Waals surface area contributed by atoms with Gasteiger partial charge in [0.2, 0.25) is 10.0 Å². The fraction of sp³-hybridized carbons (Fsp3) is 0.611. The van der Waals surface area contributed by atoms with Crippen LogP contribution in [0.3, 0.4) is 0 Å². The van der Waals surface area contributed by atoms with Crippen LogP contribution in [0.4, 0.5) is 0 Å². The Balaban J connectivity index is 1.68. The van der Waals surface area contributed by atoms with Crippen LogP contribution in [-0.4, -0.2) is 27.0 Å². The van der Waals surface area contributed by atoms with Crippen LogP contribution in [-0.2, 0) is 14.8 Å². The molecule has 4 bridgehead atoms. The summed E-state index contributed by atoms with van der Waals surface area (Å²) >= 11 is 3.29. The third-order valence-corrected chi connectivity index (χ3v) is 8.16. The van der Waals surface area contributed by atoms with Gasteiger partial charge in [0.1, 0.15) is 0 Å². The standard InChI is InChI=1S/C18H22BrNO4S/c1-24-17(21)15-7-14(19)2-3-16(15)25(22,23)20-18-8-11-4-12(9-18)6-13(5-11)10-18/h2-3,7,11-13,20H,4-6,8-10H2,1H3. The Morgan fingerprint density at radius 1 is 1.16 bits per heavy atom. The summed E-state index contributed by atoms with van der Waals surface area (Å²) < 4.78 is 34.7. The highest BCUT2D eigenvalue weighted by molar-refractivity contribution is 9.10. The molecule has 0 saturated heterocycles. The number of hydrogen-bond donors (Lipinski definition) is 1. The van der Waals surface area contributed by atoms with Crippen LogP contribution in [0.2, 0.25) is 0 Å². The van der Waals surface area contributed by atoms with Crippen LogP contribution >= 0.6 is 15.9 Å². The van der Waals surface area contributed by atoms with E-state index in [1.165, 1.54) is 38.5 Å². The number of halogens is 1. The number of rotatable bonds is 4. The van der Waals surface area contributed by atoms with Crippen LogP contribution in [0.15, 0.2) is 27.6 Å². The summed E-state index contributed by atoms with van der Waals surface area (Å²) in [6.07, 6.45) is 6.49. The minimum atomic E-state index is -3.80. The van der Waals surface area contributed by atoms with Gasteiger partial charge in [-0.1, -0.05) is 15.9 Å². The molecule has 1 aromatic rings. The largest absolute Gasteiger partial charge is 0.465 e. The molecule has 0 atom stereocenters. The summed E-state index contributed by atoms with van der Waals surface area (Å²) in [5.41, 5.74) is -0.275. The molecule has 0 heterocycles. The molecule has 5 nitrogen and oxygen atoms in total. The SMILES string of the molecule is COC(=O)c1cc(Br)ccc1S(=O)(=O)NC12CC3CC(CC(C3)C1)C2. The van der Waals surface area contributed by atoms with E-state index in [2.05, 4.69) is 20.7 Å². The molecule has 0 aliphatic heterocycles. The zero-order valence-corrected chi connectivity index (χ0v) is 16.5. The van der Waals surface area contributed by atoms with Gasteiger partial charge in [0, 0.05) is 10.0 Å². The van der Waals surface area contributed by atoms with Crippen LogP contribution < -0.4 is 4.72 Å². The molecule has 5 rings (SSSR count). The average molecular weight is 428 g/mol. The minimum Gasteiger partial charge on any atom is -0.465 e. The van der Waals surface area contributed by atoms with Gasteiger partial charge in [-0.15, -0.1) is 0 Å². The van der Waals surface area contributed by atoms with Gasteiger partial charge in [0.15, 0.2) is 0 Å². The fourth-order valence-electron chi connectivity index (χ4n) is 5.58. The van der Waals surface area contributed by atoms with E-state index in [1.807, 2.05) is 0 Å². The smallest absolute Gasteiger partial charge is 0.339 e. The molecule has 4 fully saturated rings. The lowest BCUT2D eigenvalue weighted by atomic mass is 9.53. The maximum Gasteiger partial charge on any atom is 0.339 e. The van der Waals surface area contributed by atoms with E-state index in [0.717, 1.165) is 19.3 Å². The zero-order chi connectivity index (χ0) is 17.8. The van der Waals surface area contributed by atoms with Gasteiger partial charge in [-0.05, 0) is 74.5 Å². The Hall–Kier alpha value is -0.920. The number of benzene rings is 1. The number of esters is 1. The number of ether oxygens (including phenoxy) is 1. The van der Waals surface area contributed by atoms with Crippen molar-refractivity contribution in [3.05, 3.63) is 28.2 Å². The Kier molecular flexibility index (Phi) is 4.24. The maximum absolute atomic E-state index is 13.1. The molecule has 0 aromatic heterocycles. The van der Waals surface area contributed by atoms with Crippen molar-refractivity contribution in [2.45, 2.75) is 49.0 Å². The molecule has 0 spiro atoms. The molecule has 4 saturated carbocycles. The van der Waals surface area contributed by atoms with E-state index in [1.54, 1.807) is 6.07 Å². The first-order valence-electron chi connectivity index (χ1n) is 8.72. The van der Waals surface area contributed by atoms with Gasteiger partial charge in [-0.25, -0.2) is 17.9 Å². The molecule has 4 aliphatic rings. The van der Waals surface area contributed by atoms with E-state index in [0.29, 0.717) is 22.2 Å². The summed E-state index contributed by atoms with van der Waals surface area (Å²) in [5, 5.41) is 0. The second-order valence-corrected chi connectivity index (χ2v) is 10.5. The summed E-state index contributed by atoms with van der Waals surface area (Å²) in [6.45, 7) is 0. The minimum absolute atomic E-state index is 0.00158. The Bertz CT molecular complexity index is 785. The van der Waals surface area contributed by atoms with E-state index >= 15 is 0 Å². The molecule has 1 aromatic carbocycles. The maximum atomic E-state index is 13.1. The van der Waals surface area contributed by atoms with Crippen molar-refractivity contribution in [3.63, 3.8) is 0 Å². The quantitative estimate of drug-likeness (QED) is 0.746. The third kappa shape index (κ3) is 3.15. The van der Waals surface area contributed by atoms with Crippen molar-refractivity contribution in [3.8, 4) is 0 Å². The second kappa shape index (κ2) is 6.06. The summed E-state index contributed by atoms with van der Waals surface area (Å²) in [6, 6.07) is 4.61. The third-order valence-electron chi connectivity index (χ3n) is 6.03. The number of carbonyl (C=O) groups is 1. The first kappa shape index (κ1) is 17.5. The Morgan fingerprint density at radius 2 is 1.72 bits per heavy atom. The van der Waals surface area contributed by atoms with Crippen molar-refractivity contribution in [1.82, 2.24) is 4.72 Å². The van der Waals surface area contributed by atoms with E-state index < -0.39 is 16.0 Å². The predicted molar refractivity (Wildman–Crippen MR) is 96.7 cm³/mol. The van der Waals surface area contributed by atoms with Crippen molar-refractivity contribution in [1.29, 1.82) is 0 Å². The first-order valence-corrected chi connectivity index (χ1v) is 11.0. The lowest BCUT2D eigenvalue weighted by Gasteiger charge is -2.56. The molecular formula is C18H22BrNO4S. The van der Waals surface area contributed by atoms with Crippen LogP contribution in [0, 0.1) is 17.8 Å². The molecule has 1 N–H and O–H groups in total. The van der Waals surface area contributed by atoms with Gasteiger partial charge in [0.05, 0.1) is 17.6 Å². The highest BCUT2D eigenvalue weighted by Crippen LogP contribution is 2.56. The highest BCUT2D eigenvalue weighted by atomic mass is 79.9. The number of nitrogens with one attached hydrogen (secondary N) is 1. The van der Waals surface area contributed by atoms with E-state index in [-0.39, 0.29) is 16.0 Å². The van der Waals surface area contributed by atoms with Gasteiger partial charge < -0.3 is 4.74 Å². The highest BCUT2D eigenvalue weighted by Gasteiger charge is 2.52. The normalized spacial score (nSPS) is 33.4. The molecule has 0 radical (unpaired) electrons. The van der Waals surface area contributed by atoms with Gasteiger partial charge in [-0.2, -0.15) is 0 Å². The van der Waals surface area contributed by atoms with Crippen LogP contribution in [0.1, 0.15) is 48.9 Å². The van der Waals surface area contributed by atoms with Gasteiger partial charge >= 0.3 is 5.97 Å². The predicted octanol–water partition coefficient (Wildman–Crippen LogP) is 3.48. The summed E-state index contributed by atoms with van der Waals surface area (Å²) in [5.74, 6) is 1.27. The zero-order valence-electron chi connectivity index (χ0n) is 14.1. The summed E-state index contributed by atoms with van der Waals surface area (Å²) in [4.78, 5) is 12.1. The van der Waals surface area contributed by atoms with Crippen molar-refractivity contribution in [2.75, 3.05) is 7.11 Å². The number of methoxy groups -OCH3 is 1. The summed E-state index contributed by atoms with van der Waals surface area (Å²) in [7, 11) is -2.54. The average Bonchev–Trinajstić information content (AvgIpc) is 2.51. The monoisotopic (exact) mass is 427 g/mol. The molecule has 4 aliphatic carbocycles. The van der Waals surface area contributed by atoms with Gasteiger partial charge in [0.25, 0.3) is 0 Å². The van der Waals surface area contributed by atoms with Crippen molar-refractivity contribution in [2.24, 2.45) is 17.8 Å². The van der Waals surface area contributed by atoms with E-state index in [9.17, 15) is 13.2 Å². The number of carbonyl (C=O) groups excluding carboxylic acids is 1. The molecule has 0 amide bonds. The van der Waals surface area contributed by atoms with Gasteiger partial charge in [-0.3, -0.25) is 0 Å².